The molecule has 2 atom stereocenters. The van der Waals surface area contributed by atoms with Gasteiger partial charge in [-0.3, -0.25) is 0 Å². The highest BCUT2D eigenvalue weighted by atomic mass is 79.9. The molecule has 0 amide bonds. The van der Waals surface area contributed by atoms with Crippen molar-refractivity contribution in [3.63, 3.8) is 0 Å². The van der Waals surface area contributed by atoms with Gasteiger partial charge in [-0.2, -0.15) is 0 Å². The summed E-state index contributed by atoms with van der Waals surface area (Å²) in [5.41, 5.74) is 2.16. The first-order valence-electron chi connectivity index (χ1n) is 7.56. The Morgan fingerprint density at radius 2 is 1.75 bits per heavy atom. The van der Waals surface area contributed by atoms with E-state index in [2.05, 4.69) is 0 Å². The SMILES string of the molecule is CC(Cc1ccc(O)cc1)[N+]1=Cc2c(O)cc(O)cc2C(O)C1.[Br-]. The van der Waals surface area contributed by atoms with Gasteiger partial charge in [-0.05, 0) is 30.7 Å². The van der Waals surface area contributed by atoms with Gasteiger partial charge in [-0.25, -0.2) is 4.58 Å². The van der Waals surface area contributed by atoms with E-state index in [-0.39, 0.29) is 40.3 Å². The molecule has 0 saturated heterocycles. The van der Waals surface area contributed by atoms with Crippen LogP contribution in [-0.4, -0.2) is 43.8 Å². The zero-order valence-corrected chi connectivity index (χ0v) is 14.8. The Labute approximate surface area is 150 Å². The maximum atomic E-state index is 10.3. The normalized spacial score (nSPS) is 17.4. The number of phenols is 3. The third kappa shape index (κ3) is 3.71. The molecule has 1 heterocycles. The fraction of sp³-hybridized carbons (Fsp3) is 0.278. The monoisotopic (exact) mass is 393 g/mol. The van der Waals surface area contributed by atoms with E-state index in [0.29, 0.717) is 17.7 Å². The van der Waals surface area contributed by atoms with Crippen LogP contribution in [0.3, 0.4) is 0 Å². The van der Waals surface area contributed by atoms with E-state index in [1.807, 2.05) is 29.8 Å². The Balaban J connectivity index is 0.00000208. The topological polar surface area (TPSA) is 83.9 Å². The Morgan fingerprint density at radius 1 is 1.08 bits per heavy atom. The fourth-order valence-electron chi connectivity index (χ4n) is 2.97. The Hall–Kier alpha value is -2.05. The number of aliphatic hydroxyl groups excluding tert-OH is 1. The molecule has 0 spiro atoms. The zero-order valence-electron chi connectivity index (χ0n) is 13.2. The number of hydrogen-bond acceptors (Lipinski definition) is 4. The molecule has 2 aromatic rings. The van der Waals surface area contributed by atoms with Crippen LogP contribution < -0.4 is 17.0 Å². The fourth-order valence-corrected chi connectivity index (χ4v) is 2.97. The number of fused-ring (bicyclic) bond motifs is 1. The second-order valence-electron chi connectivity index (χ2n) is 6.03. The molecule has 3 rings (SSSR count). The zero-order chi connectivity index (χ0) is 16.6. The number of benzene rings is 2. The molecular formula is C18H20BrNO4. The maximum Gasteiger partial charge on any atom is 0.175 e. The van der Waals surface area contributed by atoms with Gasteiger partial charge in [-0.1, -0.05) is 12.1 Å². The van der Waals surface area contributed by atoms with Gasteiger partial charge in [0, 0.05) is 18.1 Å². The molecule has 0 aliphatic carbocycles. The lowest BCUT2D eigenvalue weighted by Gasteiger charge is -2.22. The van der Waals surface area contributed by atoms with Crippen LogP contribution in [0.1, 0.15) is 29.7 Å². The second-order valence-corrected chi connectivity index (χ2v) is 6.03. The number of β-amino-alcohol motifs (C(OH)–C–C–N with tert-alkyl or cyclic N) is 1. The molecule has 1 aliphatic rings. The molecule has 1 aliphatic heterocycles. The summed E-state index contributed by atoms with van der Waals surface area (Å²) >= 11 is 0. The van der Waals surface area contributed by atoms with Crippen molar-refractivity contribution < 1.29 is 42.0 Å². The summed E-state index contributed by atoms with van der Waals surface area (Å²) in [4.78, 5) is 0. The molecule has 0 bridgehead atoms. The van der Waals surface area contributed by atoms with Crippen molar-refractivity contribution >= 4 is 6.21 Å². The Bertz CT molecular complexity index is 758. The molecule has 4 N–H and O–H groups in total. The minimum Gasteiger partial charge on any atom is -1.00 e. The van der Waals surface area contributed by atoms with Crippen LogP contribution in [0.25, 0.3) is 0 Å². The van der Waals surface area contributed by atoms with Crippen LogP contribution in [0, 0.1) is 0 Å². The standard InChI is InChI=1S/C18H19NO4.BrH/c1-11(6-12-2-4-13(20)5-3-12)19-9-16-15(18(23)10-19)7-14(21)8-17(16)22;/h2-5,7-9,11,18,23H,6,10H2,1H3,(H2,20,21,22);1H. The molecule has 24 heavy (non-hydrogen) atoms. The van der Waals surface area contributed by atoms with Gasteiger partial charge >= 0.3 is 0 Å². The van der Waals surface area contributed by atoms with Crippen LogP contribution in [0.5, 0.6) is 17.2 Å². The average molecular weight is 394 g/mol. The number of nitrogens with zero attached hydrogens (tertiary/aromatic N) is 1. The number of halogens is 1. The van der Waals surface area contributed by atoms with Crippen molar-refractivity contribution in [3.8, 4) is 17.2 Å². The predicted molar refractivity (Wildman–Crippen MR) is 86.3 cm³/mol. The lowest BCUT2D eigenvalue weighted by atomic mass is 9.97. The first kappa shape index (κ1) is 18.3. The minimum absolute atomic E-state index is 0. The number of aromatic hydroxyl groups is 3. The molecule has 2 aromatic carbocycles. The largest absolute Gasteiger partial charge is 1.00 e. The van der Waals surface area contributed by atoms with Crippen LogP contribution in [0.2, 0.25) is 0 Å². The van der Waals surface area contributed by atoms with E-state index < -0.39 is 6.10 Å². The lowest BCUT2D eigenvalue weighted by Crippen LogP contribution is -3.00. The molecule has 5 nitrogen and oxygen atoms in total. The minimum atomic E-state index is -0.768. The predicted octanol–water partition coefficient (Wildman–Crippen LogP) is -1.08. The number of phenolic OH excluding ortho intramolecular Hbond substituents is 3. The van der Waals surface area contributed by atoms with E-state index in [0.717, 1.165) is 12.0 Å². The third-order valence-electron chi connectivity index (χ3n) is 4.25. The number of rotatable bonds is 3. The highest BCUT2D eigenvalue weighted by molar-refractivity contribution is 5.83. The molecule has 0 aromatic heterocycles. The molecule has 128 valence electrons. The summed E-state index contributed by atoms with van der Waals surface area (Å²) in [6, 6.07) is 9.91. The summed E-state index contributed by atoms with van der Waals surface area (Å²) in [7, 11) is 0. The molecule has 2 unspecified atom stereocenters. The highest BCUT2D eigenvalue weighted by Crippen LogP contribution is 2.32. The van der Waals surface area contributed by atoms with Gasteiger partial charge < -0.3 is 37.4 Å². The number of aliphatic hydroxyl groups is 1. The van der Waals surface area contributed by atoms with Crippen molar-refractivity contribution in [2.45, 2.75) is 25.5 Å². The summed E-state index contributed by atoms with van der Waals surface area (Å²) in [6.45, 7) is 2.44. The van der Waals surface area contributed by atoms with Crippen molar-refractivity contribution in [2.24, 2.45) is 0 Å². The smallest absolute Gasteiger partial charge is 0.175 e. The van der Waals surface area contributed by atoms with Crippen molar-refractivity contribution in [3.05, 3.63) is 53.1 Å². The van der Waals surface area contributed by atoms with Gasteiger partial charge in [0.15, 0.2) is 18.8 Å². The van der Waals surface area contributed by atoms with Crippen LogP contribution in [0.4, 0.5) is 0 Å². The quantitative estimate of drug-likeness (QED) is 0.499. The van der Waals surface area contributed by atoms with Crippen LogP contribution >= 0.6 is 0 Å². The molecular weight excluding hydrogens is 374 g/mol. The molecule has 6 heteroatoms. The van der Waals surface area contributed by atoms with Gasteiger partial charge in [-0.15, -0.1) is 0 Å². The third-order valence-corrected chi connectivity index (χ3v) is 4.25. The Morgan fingerprint density at radius 3 is 2.42 bits per heavy atom. The van der Waals surface area contributed by atoms with E-state index in [4.69, 9.17) is 0 Å². The van der Waals surface area contributed by atoms with Gasteiger partial charge in [0.1, 0.15) is 23.4 Å². The maximum absolute atomic E-state index is 10.3. The molecule has 0 fully saturated rings. The molecule has 0 radical (unpaired) electrons. The lowest BCUT2D eigenvalue weighted by molar-refractivity contribution is -0.568. The van der Waals surface area contributed by atoms with Crippen molar-refractivity contribution in [1.29, 1.82) is 0 Å². The van der Waals surface area contributed by atoms with Gasteiger partial charge in [0.25, 0.3) is 0 Å². The Kier molecular flexibility index (Phi) is 5.51. The number of hydrogen-bond donors (Lipinski definition) is 4. The van der Waals surface area contributed by atoms with E-state index >= 15 is 0 Å². The van der Waals surface area contributed by atoms with Crippen LogP contribution in [-0.2, 0) is 6.42 Å². The first-order valence-corrected chi connectivity index (χ1v) is 7.56. The van der Waals surface area contributed by atoms with E-state index in [1.165, 1.54) is 12.1 Å². The van der Waals surface area contributed by atoms with Crippen molar-refractivity contribution in [2.75, 3.05) is 6.54 Å². The van der Waals surface area contributed by atoms with Crippen LogP contribution in [0.15, 0.2) is 36.4 Å². The van der Waals surface area contributed by atoms with E-state index in [9.17, 15) is 20.4 Å². The molecule has 0 saturated carbocycles. The summed E-state index contributed by atoms with van der Waals surface area (Å²) in [6.07, 6.45) is 1.80. The summed E-state index contributed by atoms with van der Waals surface area (Å²) < 4.78 is 1.98. The summed E-state index contributed by atoms with van der Waals surface area (Å²) in [5, 5.41) is 39.2. The summed E-state index contributed by atoms with van der Waals surface area (Å²) in [5.74, 6) is 0.139. The van der Waals surface area contributed by atoms with Crippen molar-refractivity contribution in [1.82, 2.24) is 0 Å². The second kappa shape index (κ2) is 7.23. The first-order chi connectivity index (χ1) is 10.9. The van der Waals surface area contributed by atoms with Gasteiger partial charge in [0.05, 0.1) is 5.56 Å². The van der Waals surface area contributed by atoms with Gasteiger partial charge in [0.2, 0.25) is 0 Å². The average Bonchev–Trinajstić information content (AvgIpc) is 2.50. The highest BCUT2D eigenvalue weighted by Gasteiger charge is 2.30. The van der Waals surface area contributed by atoms with E-state index in [1.54, 1.807) is 12.1 Å².